The summed E-state index contributed by atoms with van der Waals surface area (Å²) in [4.78, 5) is 21.0. The summed E-state index contributed by atoms with van der Waals surface area (Å²) in [6.07, 6.45) is 1.54. The summed E-state index contributed by atoms with van der Waals surface area (Å²) in [6, 6.07) is 6.83. The predicted molar refractivity (Wildman–Crippen MR) is 114 cm³/mol. The molecule has 2 fully saturated rings. The molecular formula is C22H33FN4O3. The van der Waals surface area contributed by atoms with Gasteiger partial charge in [-0.15, -0.1) is 0 Å². The highest BCUT2D eigenvalue weighted by Gasteiger charge is 2.28. The molecule has 2 aliphatic heterocycles. The molecule has 3 rings (SSSR count). The molecule has 2 aliphatic rings. The summed E-state index contributed by atoms with van der Waals surface area (Å²) in [5.74, 6) is 0.480. The van der Waals surface area contributed by atoms with Crippen LogP contribution in [0.4, 0.5) is 4.39 Å². The Bertz CT molecular complexity index is 699. The number of rotatable bonds is 6. The fourth-order valence-corrected chi connectivity index (χ4v) is 4.14. The van der Waals surface area contributed by atoms with E-state index in [2.05, 4.69) is 20.1 Å². The first kappa shape index (κ1) is 22.5. The van der Waals surface area contributed by atoms with E-state index in [0.29, 0.717) is 26.4 Å². The van der Waals surface area contributed by atoms with Crippen molar-refractivity contribution in [3.05, 3.63) is 35.6 Å². The fourth-order valence-electron chi connectivity index (χ4n) is 4.14. The SMILES string of the molecule is CCOC(=O)C1CCN(C(=NC)NCC(c2ccc(F)cc2)N2CCOCC2)CC1. The van der Waals surface area contributed by atoms with Gasteiger partial charge in [0, 0.05) is 39.8 Å². The Morgan fingerprint density at radius 2 is 1.90 bits per heavy atom. The largest absolute Gasteiger partial charge is 0.466 e. The highest BCUT2D eigenvalue weighted by molar-refractivity contribution is 5.80. The molecule has 1 aromatic rings. The second-order valence-corrected chi connectivity index (χ2v) is 7.66. The van der Waals surface area contributed by atoms with Gasteiger partial charge in [-0.05, 0) is 37.5 Å². The molecule has 166 valence electrons. The van der Waals surface area contributed by atoms with Crippen LogP contribution in [-0.2, 0) is 14.3 Å². The van der Waals surface area contributed by atoms with E-state index in [0.717, 1.165) is 50.5 Å². The number of carbonyl (C=O) groups is 1. The lowest BCUT2D eigenvalue weighted by Gasteiger charge is -2.37. The third-order valence-electron chi connectivity index (χ3n) is 5.82. The number of halogens is 1. The van der Waals surface area contributed by atoms with Crippen LogP contribution in [0.25, 0.3) is 0 Å². The van der Waals surface area contributed by atoms with Crippen LogP contribution in [-0.4, -0.2) is 81.3 Å². The molecule has 8 heteroatoms. The molecule has 0 amide bonds. The third kappa shape index (κ3) is 5.92. The second kappa shape index (κ2) is 11.3. The van der Waals surface area contributed by atoms with Gasteiger partial charge in [0.1, 0.15) is 5.82 Å². The zero-order valence-electron chi connectivity index (χ0n) is 18.0. The van der Waals surface area contributed by atoms with Crippen molar-refractivity contribution in [1.82, 2.24) is 15.1 Å². The molecule has 0 aromatic heterocycles. The number of morpholine rings is 1. The number of hydrogen-bond acceptors (Lipinski definition) is 5. The molecule has 1 unspecified atom stereocenters. The van der Waals surface area contributed by atoms with E-state index in [-0.39, 0.29) is 23.7 Å². The van der Waals surface area contributed by atoms with E-state index < -0.39 is 0 Å². The number of nitrogens with zero attached hydrogens (tertiary/aromatic N) is 3. The van der Waals surface area contributed by atoms with Crippen LogP contribution in [0.1, 0.15) is 31.4 Å². The Kier molecular flexibility index (Phi) is 8.45. The molecule has 1 N–H and O–H groups in total. The Morgan fingerprint density at radius 3 is 2.50 bits per heavy atom. The summed E-state index contributed by atoms with van der Waals surface area (Å²) in [5, 5.41) is 3.50. The van der Waals surface area contributed by atoms with Gasteiger partial charge in [-0.25, -0.2) is 4.39 Å². The molecule has 30 heavy (non-hydrogen) atoms. The Balaban J connectivity index is 1.60. The molecule has 7 nitrogen and oxygen atoms in total. The number of piperidine rings is 1. The van der Waals surface area contributed by atoms with Gasteiger partial charge in [0.15, 0.2) is 5.96 Å². The van der Waals surface area contributed by atoms with Gasteiger partial charge in [-0.3, -0.25) is 14.7 Å². The Labute approximate surface area is 178 Å². The standard InChI is InChI=1S/C22H33FN4O3/c1-3-30-21(28)18-8-10-27(11-9-18)22(24-2)25-16-20(26-12-14-29-15-13-26)17-4-6-19(23)7-5-17/h4-7,18,20H,3,8-16H2,1-2H3,(H,24,25). The van der Waals surface area contributed by atoms with Crippen LogP contribution in [0.15, 0.2) is 29.3 Å². The molecule has 0 spiro atoms. The number of aliphatic imine (C=N–C) groups is 1. The van der Waals surface area contributed by atoms with Crippen molar-refractivity contribution >= 4 is 11.9 Å². The van der Waals surface area contributed by atoms with Gasteiger partial charge < -0.3 is 19.7 Å². The smallest absolute Gasteiger partial charge is 0.309 e. The van der Waals surface area contributed by atoms with Crippen LogP contribution in [0, 0.1) is 11.7 Å². The molecule has 1 aromatic carbocycles. The molecule has 0 saturated carbocycles. The topological polar surface area (TPSA) is 66.4 Å². The maximum absolute atomic E-state index is 13.4. The van der Waals surface area contributed by atoms with Crippen LogP contribution in [0.3, 0.4) is 0 Å². The van der Waals surface area contributed by atoms with Crippen molar-refractivity contribution in [2.24, 2.45) is 10.9 Å². The van der Waals surface area contributed by atoms with Gasteiger partial charge >= 0.3 is 5.97 Å². The summed E-state index contributed by atoms with van der Waals surface area (Å²) in [5.41, 5.74) is 1.07. The van der Waals surface area contributed by atoms with E-state index >= 15 is 0 Å². The monoisotopic (exact) mass is 420 g/mol. The predicted octanol–water partition coefficient (Wildman–Crippen LogP) is 2.05. The lowest BCUT2D eigenvalue weighted by atomic mass is 9.97. The lowest BCUT2D eigenvalue weighted by molar-refractivity contribution is -0.149. The minimum atomic E-state index is -0.229. The fraction of sp³-hybridized carbons (Fsp3) is 0.636. The highest BCUT2D eigenvalue weighted by atomic mass is 19.1. The summed E-state index contributed by atoms with van der Waals surface area (Å²) >= 11 is 0. The normalized spacial score (nSPS) is 20.1. The van der Waals surface area contributed by atoms with Crippen molar-refractivity contribution in [2.75, 3.05) is 59.6 Å². The first-order chi connectivity index (χ1) is 14.6. The molecule has 0 bridgehead atoms. The Morgan fingerprint density at radius 1 is 1.23 bits per heavy atom. The zero-order chi connectivity index (χ0) is 21.3. The molecule has 0 aliphatic carbocycles. The van der Waals surface area contributed by atoms with Gasteiger partial charge in [-0.2, -0.15) is 0 Å². The first-order valence-electron chi connectivity index (χ1n) is 10.8. The van der Waals surface area contributed by atoms with Crippen molar-refractivity contribution in [2.45, 2.75) is 25.8 Å². The number of esters is 1. The number of likely N-dealkylation sites (tertiary alicyclic amines) is 1. The molecule has 2 saturated heterocycles. The van der Waals surface area contributed by atoms with Crippen molar-refractivity contribution in [3.8, 4) is 0 Å². The molecule has 1 atom stereocenters. The average Bonchev–Trinajstić information content (AvgIpc) is 2.79. The minimum absolute atomic E-state index is 0.0281. The molecular weight excluding hydrogens is 387 g/mol. The summed E-state index contributed by atoms with van der Waals surface area (Å²) in [7, 11) is 1.78. The maximum Gasteiger partial charge on any atom is 0.309 e. The number of ether oxygens (including phenoxy) is 2. The zero-order valence-corrected chi connectivity index (χ0v) is 18.0. The third-order valence-corrected chi connectivity index (χ3v) is 5.82. The van der Waals surface area contributed by atoms with E-state index in [1.54, 1.807) is 7.05 Å². The number of benzene rings is 1. The van der Waals surface area contributed by atoms with E-state index in [1.165, 1.54) is 12.1 Å². The summed E-state index contributed by atoms with van der Waals surface area (Å²) < 4.78 is 24.1. The second-order valence-electron chi connectivity index (χ2n) is 7.66. The van der Waals surface area contributed by atoms with Gasteiger partial charge in [-0.1, -0.05) is 12.1 Å². The quantitative estimate of drug-likeness (QED) is 0.432. The Hall–Kier alpha value is -2.19. The van der Waals surface area contributed by atoms with Crippen LogP contribution < -0.4 is 5.32 Å². The maximum atomic E-state index is 13.4. The van der Waals surface area contributed by atoms with Crippen molar-refractivity contribution < 1.29 is 18.7 Å². The average molecular weight is 421 g/mol. The lowest BCUT2D eigenvalue weighted by Crippen LogP contribution is -2.50. The first-order valence-corrected chi connectivity index (χ1v) is 10.8. The minimum Gasteiger partial charge on any atom is -0.466 e. The number of guanidine groups is 1. The van der Waals surface area contributed by atoms with E-state index in [4.69, 9.17) is 9.47 Å². The van der Waals surface area contributed by atoms with E-state index in [9.17, 15) is 9.18 Å². The van der Waals surface area contributed by atoms with Crippen molar-refractivity contribution in [3.63, 3.8) is 0 Å². The molecule has 0 radical (unpaired) electrons. The van der Waals surface area contributed by atoms with Crippen LogP contribution in [0.2, 0.25) is 0 Å². The molecule has 2 heterocycles. The number of nitrogens with one attached hydrogen (secondary N) is 1. The van der Waals surface area contributed by atoms with Gasteiger partial charge in [0.05, 0.1) is 31.8 Å². The van der Waals surface area contributed by atoms with E-state index in [1.807, 2.05) is 19.1 Å². The highest BCUT2D eigenvalue weighted by Crippen LogP contribution is 2.23. The van der Waals surface area contributed by atoms with Crippen molar-refractivity contribution in [1.29, 1.82) is 0 Å². The van der Waals surface area contributed by atoms with Crippen LogP contribution >= 0.6 is 0 Å². The number of carbonyl (C=O) groups excluding carboxylic acids is 1. The van der Waals surface area contributed by atoms with Crippen LogP contribution in [0.5, 0.6) is 0 Å². The summed E-state index contributed by atoms with van der Waals surface area (Å²) in [6.45, 7) is 7.54. The van der Waals surface area contributed by atoms with Gasteiger partial charge in [0.25, 0.3) is 0 Å². The number of hydrogen-bond donors (Lipinski definition) is 1. The van der Waals surface area contributed by atoms with Gasteiger partial charge in [0.2, 0.25) is 0 Å².